The van der Waals surface area contributed by atoms with Gasteiger partial charge in [0.1, 0.15) is 12.4 Å². The van der Waals surface area contributed by atoms with Gasteiger partial charge in [-0.15, -0.1) is 0 Å². The van der Waals surface area contributed by atoms with E-state index in [4.69, 9.17) is 9.47 Å². The maximum atomic E-state index is 12.6. The lowest BCUT2D eigenvalue weighted by Crippen LogP contribution is -2.26. The van der Waals surface area contributed by atoms with E-state index in [2.05, 4.69) is 0 Å². The number of aryl methyl sites for hydroxylation is 1. The molecule has 5 heteroatoms. The molecular weight excluding hydrogens is 306 g/mol. The third-order valence-corrected chi connectivity index (χ3v) is 3.87. The molecule has 0 saturated carbocycles. The highest BCUT2D eigenvalue weighted by atomic mass is 16.5. The third kappa shape index (κ3) is 2.76. The lowest BCUT2D eigenvalue weighted by molar-refractivity contribution is 0.0593. The van der Waals surface area contributed by atoms with Crippen LogP contribution in [-0.4, -0.2) is 17.6 Å². The summed E-state index contributed by atoms with van der Waals surface area (Å²) in [5.74, 6) is -0.450. The Morgan fingerprint density at radius 1 is 1.04 bits per heavy atom. The van der Waals surface area contributed by atoms with Crippen molar-refractivity contribution in [2.75, 3.05) is 7.11 Å². The number of carbonyl (C=O) groups excluding carboxylic acids is 1. The molecule has 0 unspecified atom stereocenters. The van der Waals surface area contributed by atoms with Gasteiger partial charge in [0.05, 0.1) is 12.6 Å². The van der Waals surface area contributed by atoms with Gasteiger partial charge in [0, 0.05) is 12.4 Å². The van der Waals surface area contributed by atoms with Crippen LogP contribution in [0.25, 0.3) is 10.9 Å². The van der Waals surface area contributed by atoms with E-state index in [1.54, 1.807) is 7.05 Å². The van der Waals surface area contributed by atoms with E-state index in [-0.39, 0.29) is 17.9 Å². The standard InChI is InChI=1S/C19H17NO4/c1-20-15-11-7-6-10-14(15)17(16(18(20)21)19(22)23-2)24-12-13-8-4-3-5-9-13/h3-11H,12H2,1-2H3. The van der Waals surface area contributed by atoms with Gasteiger partial charge in [-0.3, -0.25) is 4.79 Å². The molecule has 1 heterocycles. The van der Waals surface area contributed by atoms with Gasteiger partial charge in [-0.1, -0.05) is 42.5 Å². The Balaban J connectivity index is 2.18. The maximum absolute atomic E-state index is 12.6. The smallest absolute Gasteiger partial charge is 0.347 e. The largest absolute Gasteiger partial charge is 0.487 e. The molecule has 0 radical (unpaired) electrons. The Labute approximate surface area is 139 Å². The zero-order valence-corrected chi connectivity index (χ0v) is 13.5. The van der Waals surface area contributed by atoms with Gasteiger partial charge in [-0.05, 0) is 17.7 Å². The highest BCUT2D eigenvalue weighted by molar-refractivity contribution is 5.99. The molecule has 5 nitrogen and oxygen atoms in total. The van der Waals surface area contributed by atoms with Crippen LogP contribution >= 0.6 is 0 Å². The summed E-state index contributed by atoms with van der Waals surface area (Å²) in [7, 11) is 2.87. The van der Waals surface area contributed by atoms with E-state index in [0.717, 1.165) is 5.56 Å². The van der Waals surface area contributed by atoms with Gasteiger partial charge in [0.25, 0.3) is 5.56 Å². The van der Waals surface area contributed by atoms with E-state index in [1.807, 2.05) is 54.6 Å². The van der Waals surface area contributed by atoms with Crippen LogP contribution in [-0.2, 0) is 18.4 Å². The predicted octanol–water partition coefficient (Wildman–Crippen LogP) is 2.90. The number of hydrogen-bond acceptors (Lipinski definition) is 4. The summed E-state index contributed by atoms with van der Waals surface area (Å²) >= 11 is 0. The second-order valence-corrected chi connectivity index (χ2v) is 5.35. The number of benzene rings is 2. The SMILES string of the molecule is COC(=O)c1c(OCc2ccccc2)c2ccccc2n(C)c1=O. The molecule has 0 aliphatic heterocycles. The molecule has 0 fully saturated rings. The zero-order valence-electron chi connectivity index (χ0n) is 13.5. The molecular formula is C19H17NO4. The summed E-state index contributed by atoms with van der Waals surface area (Å²) in [4.78, 5) is 24.7. The van der Waals surface area contributed by atoms with E-state index >= 15 is 0 Å². The van der Waals surface area contributed by atoms with Gasteiger partial charge in [0.15, 0.2) is 5.56 Å². The Kier molecular flexibility index (Phi) is 4.33. The van der Waals surface area contributed by atoms with Crippen LogP contribution in [0.4, 0.5) is 0 Å². The Morgan fingerprint density at radius 2 is 1.71 bits per heavy atom. The number of aromatic nitrogens is 1. The number of esters is 1. The van der Waals surface area contributed by atoms with E-state index in [1.165, 1.54) is 11.7 Å². The predicted molar refractivity (Wildman–Crippen MR) is 91.3 cm³/mol. The number of rotatable bonds is 4. The summed E-state index contributed by atoms with van der Waals surface area (Å²) in [6.45, 7) is 0.252. The fraction of sp³-hybridized carbons (Fsp3) is 0.158. The molecule has 0 bridgehead atoms. The number of methoxy groups -OCH3 is 1. The molecule has 0 aliphatic carbocycles. The fourth-order valence-corrected chi connectivity index (χ4v) is 2.63. The van der Waals surface area contributed by atoms with Crippen molar-refractivity contribution in [3.8, 4) is 5.75 Å². The summed E-state index contributed by atoms with van der Waals surface area (Å²) < 4.78 is 12.1. The highest BCUT2D eigenvalue weighted by Crippen LogP contribution is 2.28. The second kappa shape index (κ2) is 6.58. The number of ether oxygens (including phenoxy) is 2. The highest BCUT2D eigenvalue weighted by Gasteiger charge is 2.23. The van der Waals surface area contributed by atoms with Crippen molar-refractivity contribution < 1.29 is 14.3 Å². The van der Waals surface area contributed by atoms with E-state index < -0.39 is 11.5 Å². The van der Waals surface area contributed by atoms with Crippen molar-refractivity contribution in [2.24, 2.45) is 7.05 Å². The number of fused-ring (bicyclic) bond motifs is 1. The van der Waals surface area contributed by atoms with E-state index in [0.29, 0.717) is 10.9 Å². The van der Waals surface area contributed by atoms with Crippen molar-refractivity contribution in [3.63, 3.8) is 0 Å². The van der Waals surface area contributed by atoms with Crippen molar-refractivity contribution >= 4 is 16.9 Å². The van der Waals surface area contributed by atoms with Crippen molar-refractivity contribution in [2.45, 2.75) is 6.61 Å². The lowest BCUT2D eigenvalue weighted by Gasteiger charge is -2.15. The molecule has 3 aromatic rings. The Hall–Kier alpha value is -3.08. The van der Waals surface area contributed by atoms with Gasteiger partial charge in [0.2, 0.25) is 0 Å². The fourth-order valence-electron chi connectivity index (χ4n) is 2.63. The molecule has 0 N–H and O–H groups in total. The molecule has 0 aliphatic rings. The van der Waals surface area contributed by atoms with Gasteiger partial charge >= 0.3 is 5.97 Å². The molecule has 122 valence electrons. The first-order valence-electron chi connectivity index (χ1n) is 7.50. The van der Waals surface area contributed by atoms with Gasteiger partial charge in [-0.2, -0.15) is 0 Å². The monoisotopic (exact) mass is 323 g/mol. The van der Waals surface area contributed by atoms with Crippen LogP contribution in [0.15, 0.2) is 59.4 Å². The van der Waals surface area contributed by atoms with Crippen LogP contribution < -0.4 is 10.3 Å². The molecule has 0 amide bonds. The number of hydrogen-bond donors (Lipinski definition) is 0. The molecule has 1 aromatic heterocycles. The lowest BCUT2D eigenvalue weighted by atomic mass is 10.1. The summed E-state index contributed by atoms with van der Waals surface area (Å²) in [6, 6.07) is 16.9. The van der Waals surface area contributed by atoms with Crippen molar-refractivity contribution in [1.82, 2.24) is 4.57 Å². The minimum absolute atomic E-state index is 0.0883. The van der Waals surface area contributed by atoms with Crippen molar-refractivity contribution in [1.29, 1.82) is 0 Å². The molecule has 0 atom stereocenters. The van der Waals surface area contributed by atoms with Gasteiger partial charge < -0.3 is 14.0 Å². The summed E-state index contributed by atoms with van der Waals surface area (Å²) in [5, 5.41) is 0.691. The van der Waals surface area contributed by atoms with Crippen LogP contribution in [0.3, 0.4) is 0 Å². The van der Waals surface area contributed by atoms with Crippen LogP contribution in [0, 0.1) is 0 Å². The van der Waals surface area contributed by atoms with Gasteiger partial charge in [-0.25, -0.2) is 4.79 Å². The number of nitrogens with zero attached hydrogens (tertiary/aromatic N) is 1. The minimum atomic E-state index is -0.704. The molecule has 0 saturated heterocycles. The quantitative estimate of drug-likeness (QED) is 0.693. The summed E-state index contributed by atoms with van der Waals surface area (Å²) in [5.41, 5.74) is 1.11. The molecule has 3 rings (SSSR count). The molecule has 0 spiro atoms. The number of carbonyl (C=O) groups is 1. The third-order valence-electron chi connectivity index (χ3n) is 3.87. The van der Waals surface area contributed by atoms with Crippen LogP contribution in [0.1, 0.15) is 15.9 Å². The maximum Gasteiger partial charge on any atom is 0.347 e. The average Bonchev–Trinajstić information content (AvgIpc) is 2.63. The van der Waals surface area contributed by atoms with E-state index in [9.17, 15) is 9.59 Å². The Morgan fingerprint density at radius 3 is 2.42 bits per heavy atom. The average molecular weight is 323 g/mol. The zero-order chi connectivity index (χ0) is 17.1. The first-order chi connectivity index (χ1) is 11.6. The Bertz CT molecular complexity index is 945. The normalized spacial score (nSPS) is 10.6. The van der Waals surface area contributed by atoms with Crippen LogP contribution in [0.5, 0.6) is 5.75 Å². The topological polar surface area (TPSA) is 57.5 Å². The first kappa shape index (κ1) is 15.8. The first-order valence-corrected chi connectivity index (χ1v) is 7.50. The summed E-state index contributed by atoms with van der Waals surface area (Å²) in [6.07, 6.45) is 0. The number of pyridine rings is 1. The van der Waals surface area contributed by atoms with Crippen LogP contribution in [0.2, 0.25) is 0 Å². The second-order valence-electron chi connectivity index (χ2n) is 5.35. The number of para-hydroxylation sites is 1. The van der Waals surface area contributed by atoms with Crippen molar-refractivity contribution in [3.05, 3.63) is 76.1 Å². The molecule has 24 heavy (non-hydrogen) atoms. The minimum Gasteiger partial charge on any atom is -0.487 e. The molecule has 2 aromatic carbocycles.